The number of piperazine rings is 1. The molecule has 0 unspecified atom stereocenters. The number of amides is 1. The fourth-order valence-corrected chi connectivity index (χ4v) is 3.29. The fraction of sp³-hybridized carbons (Fsp3) is 0.579. The number of rotatable bonds is 8. The van der Waals surface area contributed by atoms with E-state index in [0.29, 0.717) is 6.42 Å². The van der Waals surface area contributed by atoms with Crippen LogP contribution in [0.15, 0.2) is 30.3 Å². The quantitative estimate of drug-likeness (QED) is 0.730. The first-order chi connectivity index (χ1) is 12.1. The molecular formula is C19H27N3O3. The molecule has 136 valence electrons. The standard InChI is InChI=1S/C19H27N3O3/c23-18(14-22-10-8-21(9-11-22)13-16-6-7-16)20-17(19(24)25)12-15-4-2-1-3-5-15/h1-5,16-17H,6-14H2,(H,20,23)(H,24,25)/t17-/m0/s1. The Hall–Kier alpha value is -1.92. The van der Waals surface area contributed by atoms with E-state index in [0.717, 1.165) is 37.7 Å². The van der Waals surface area contributed by atoms with Crippen molar-refractivity contribution in [2.75, 3.05) is 39.3 Å². The number of hydrogen-bond acceptors (Lipinski definition) is 4. The molecule has 2 aliphatic rings. The van der Waals surface area contributed by atoms with Crippen LogP contribution < -0.4 is 5.32 Å². The Balaban J connectivity index is 1.43. The molecule has 1 saturated heterocycles. The molecule has 1 aromatic carbocycles. The van der Waals surface area contributed by atoms with Crippen LogP contribution in [0, 0.1) is 5.92 Å². The summed E-state index contributed by atoms with van der Waals surface area (Å²) in [5, 5.41) is 12.1. The Morgan fingerprint density at radius 2 is 1.72 bits per heavy atom. The minimum absolute atomic E-state index is 0.209. The van der Waals surface area contributed by atoms with Gasteiger partial charge in [0.05, 0.1) is 6.54 Å². The Kier molecular flexibility index (Phi) is 6.04. The maximum absolute atomic E-state index is 12.3. The monoisotopic (exact) mass is 345 g/mol. The van der Waals surface area contributed by atoms with Gasteiger partial charge in [-0.15, -0.1) is 0 Å². The molecule has 1 aromatic rings. The van der Waals surface area contributed by atoms with Gasteiger partial charge in [0, 0.05) is 39.1 Å². The van der Waals surface area contributed by atoms with Gasteiger partial charge < -0.3 is 15.3 Å². The summed E-state index contributed by atoms with van der Waals surface area (Å²) >= 11 is 0. The predicted octanol–water partition coefficient (Wildman–Crippen LogP) is 0.826. The largest absolute Gasteiger partial charge is 0.480 e. The minimum Gasteiger partial charge on any atom is -0.480 e. The van der Waals surface area contributed by atoms with Crippen LogP contribution in [0.1, 0.15) is 18.4 Å². The highest BCUT2D eigenvalue weighted by Gasteiger charge is 2.27. The third kappa shape index (κ3) is 5.83. The van der Waals surface area contributed by atoms with Crippen molar-refractivity contribution in [3.8, 4) is 0 Å². The molecule has 0 aromatic heterocycles. The fourth-order valence-electron chi connectivity index (χ4n) is 3.29. The first-order valence-corrected chi connectivity index (χ1v) is 9.11. The Labute approximate surface area is 148 Å². The topological polar surface area (TPSA) is 72.9 Å². The van der Waals surface area contributed by atoms with Crippen molar-refractivity contribution in [2.24, 2.45) is 5.92 Å². The molecule has 2 N–H and O–H groups in total. The van der Waals surface area contributed by atoms with Gasteiger partial charge in [-0.3, -0.25) is 9.69 Å². The average molecular weight is 345 g/mol. The van der Waals surface area contributed by atoms with Gasteiger partial charge in [0.2, 0.25) is 5.91 Å². The zero-order valence-corrected chi connectivity index (χ0v) is 14.6. The molecule has 1 atom stereocenters. The van der Waals surface area contributed by atoms with Gasteiger partial charge in [-0.25, -0.2) is 4.79 Å². The first-order valence-electron chi connectivity index (χ1n) is 9.11. The second-order valence-corrected chi connectivity index (χ2v) is 7.17. The molecule has 6 nitrogen and oxygen atoms in total. The molecule has 1 aliphatic heterocycles. The lowest BCUT2D eigenvalue weighted by Crippen LogP contribution is -2.52. The van der Waals surface area contributed by atoms with Crippen LogP contribution in [-0.2, 0) is 16.0 Å². The number of nitrogens with zero attached hydrogens (tertiary/aromatic N) is 2. The lowest BCUT2D eigenvalue weighted by Gasteiger charge is -2.34. The SMILES string of the molecule is O=C(CN1CCN(CC2CC2)CC1)N[C@@H](Cc1ccccc1)C(=O)O. The molecule has 0 spiro atoms. The summed E-state index contributed by atoms with van der Waals surface area (Å²) in [5.74, 6) is -0.311. The highest BCUT2D eigenvalue weighted by Crippen LogP contribution is 2.29. The minimum atomic E-state index is -0.994. The van der Waals surface area contributed by atoms with Crippen molar-refractivity contribution in [3.63, 3.8) is 0 Å². The molecule has 6 heteroatoms. The smallest absolute Gasteiger partial charge is 0.326 e. The summed E-state index contributed by atoms with van der Waals surface area (Å²) in [6, 6.07) is 8.50. The van der Waals surface area contributed by atoms with Crippen LogP contribution in [0.5, 0.6) is 0 Å². The Morgan fingerprint density at radius 3 is 2.32 bits per heavy atom. The summed E-state index contributed by atoms with van der Waals surface area (Å²) in [4.78, 5) is 28.3. The van der Waals surface area contributed by atoms with Crippen molar-refractivity contribution in [2.45, 2.75) is 25.3 Å². The Bertz CT molecular complexity index is 581. The van der Waals surface area contributed by atoms with Crippen LogP contribution in [0.25, 0.3) is 0 Å². The van der Waals surface area contributed by atoms with E-state index in [4.69, 9.17) is 0 Å². The maximum Gasteiger partial charge on any atom is 0.326 e. The van der Waals surface area contributed by atoms with Gasteiger partial charge in [-0.2, -0.15) is 0 Å². The average Bonchev–Trinajstić information content (AvgIpc) is 3.41. The van der Waals surface area contributed by atoms with E-state index in [2.05, 4.69) is 15.1 Å². The second-order valence-electron chi connectivity index (χ2n) is 7.17. The third-order valence-electron chi connectivity index (χ3n) is 4.96. The normalized spacial score (nSPS) is 20.2. The lowest BCUT2D eigenvalue weighted by molar-refractivity contribution is -0.142. The summed E-state index contributed by atoms with van der Waals surface area (Å²) in [6.07, 6.45) is 3.03. The molecule has 1 saturated carbocycles. The van der Waals surface area contributed by atoms with Crippen molar-refractivity contribution >= 4 is 11.9 Å². The first kappa shape index (κ1) is 17.9. The van der Waals surface area contributed by atoms with Crippen molar-refractivity contribution in [1.29, 1.82) is 0 Å². The molecule has 1 amide bonds. The summed E-state index contributed by atoms with van der Waals surface area (Å²) in [6.45, 7) is 5.20. The van der Waals surface area contributed by atoms with Crippen LogP contribution >= 0.6 is 0 Å². The number of carbonyl (C=O) groups is 2. The van der Waals surface area contributed by atoms with Gasteiger partial charge in [0.1, 0.15) is 6.04 Å². The van der Waals surface area contributed by atoms with Crippen molar-refractivity contribution in [1.82, 2.24) is 15.1 Å². The van der Waals surface area contributed by atoms with Crippen molar-refractivity contribution < 1.29 is 14.7 Å². The van der Waals surface area contributed by atoms with E-state index in [1.54, 1.807) is 0 Å². The van der Waals surface area contributed by atoms with E-state index in [1.807, 2.05) is 30.3 Å². The molecule has 1 heterocycles. The molecule has 2 fully saturated rings. The maximum atomic E-state index is 12.3. The lowest BCUT2D eigenvalue weighted by atomic mass is 10.1. The highest BCUT2D eigenvalue weighted by molar-refractivity contribution is 5.84. The number of aliphatic carboxylic acids is 1. The van der Waals surface area contributed by atoms with Gasteiger partial charge in [-0.05, 0) is 24.3 Å². The Morgan fingerprint density at radius 1 is 1.08 bits per heavy atom. The second kappa shape index (κ2) is 8.45. The van der Waals surface area contributed by atoms with Gasteiger partial charge in [0.25, 0.3) is 0 Å². The number of hydrogen-bond donors (Lipinski definition) is 2. The molecular weight excluding hydrogens is 318 g/mol. The highest BCUT2D eigenvalue weighted by atomic mass is 16.4. The number of carbonyl (C=O) groups excluding carboxylic acids is 1. The van der Waals surface area contributed by atoms with Crippen LogP contribution in [-0.4, -0.2) is 72.1 Å². The van der Waals surface area contributed by atoms with Gasteiger partial charge in [0.15, 0.2) is 0 Å². The van der Waals surface area contributed by atoms with E-state index >= 15 is 0 Å². The van der Waals surface area contributed by atoms with Crippen molar-refractivity contribution in [3.05, 3.63) is 35.9 Å². The summed E-state index contributed by atoms with van der Waals surface area (Å²) in [5.41, 5.74) is 0.906. The summed E-state index contributed by atoms with van der Waals surface area (Å²) < 4.78 is 0. The molecule has 0 bridgehead atoms. The number of carboxylic acids is 1. The molecule has 25 heavy (non-hydrogen) atoms. The number of nitrogens with one attached hydrogen (secondary N) is 1. The molecule has 0 radical (unpaired) electrons. The van der Waals surface area contributed by atoms with E-state index < -0.39 is 12.0 Å². The zero-order chi connectivity index (χ0) is 17.6. The summed E-state index contributed by atoms with van der Waals surface area (Å²) in [7, 11) is 0. The van der Waals surface area contributed by atoms with Gasteiger partial charge in [-0.1, -0.05) is 30.3 Å². The zero-order valence-electron chi connectivity index (χ0n) is 14.6. The van der Waals surface area contributed by atoms with Gasteiger partial charge >= 0.3 is 5.97 Å². The number of benzene rings is 1. The predicted molar refractivity (Wildman–Crippen MR) is 95.3 cm³/mol. The van der Waals surface area contributed by atoms with Crippen LogP contribution in [0.2, 0.25) is 0 Å². The van der Waals surface area contributed by atoms with Crippen LogP contribution in [0.4, 0.5) is 0 Å². The third-order valence-corrected chi connectivity index (χ3v) is 4.96. The van der Waals surface area contributed by atoms with E-state index in [9.17, 15) is 14.7 Å². The van der Waals surface area contributed by atoms with E-state index in [1.165, 1.54) is 19.4 Å². The molecule has 1 aliphatic carbocycles. The van der Waals surface area contributed by atoms with Crippen LogP contribution in [0.3, 0.4) is 0 Å². The van der Waals surface area contributed by atoms with E-state index in [-0.39, 0.29) is 12.5 Å². The molecule has 3 rings (SSSR count). The number of carboxylic acid groups (broad SMARTS) is 1.